The van der Waals surface area contributed by atoms with Crippen LogP contribution in [0.4, 0.5) is 5.69 Å². The molecule has 0 saturated heterocycles. The van der Waals surface area contributed by atoms with Crippen molar-refractivity contribution in [3.8, 4) is 0 Å². The quantitative estimate of drug-likeness (QED) is 0.872. The number of rotatable bonds is 4. The molecule has 112 valence electrons. The van der Waals surface area contributed by atoms with Crippen molar-refractivity contribution in [2.45, 2.75) is 39.2 Å². The maximum atomic E-state index is 5.96. The van der Waals surface area contributed by atoms with Gasteiger partial charge < -0.3 is 11.1 Å². The van der Waals surface area contributed by atoms with Crippen LogP contribution in [-0.4, -0.2) is 6.54 Å². The molecule has 0 radical (unpaired) electrons. The van der Waals surface area contributed by atoms with Crippen molar-refractivity contribution in [3.05, 3.63) is 65.2 Å². The highest BCUT2D eigenvalue weighted by atomic mass is 14.9. The van der Waals surface area contributed by atoms with Crippen molar-refractivity contribution in [2.24, 2.45) is 5.73 Å². The third-order valence-electron chi connectivity index (χ3n) is 3.89. The number of aryl methyl sites for hydroxylation is 1. The predicted octanol–water partition coefficient (Wildman–Crippen LogP) is 4.40. The van der Waals surface area contributed by atoms with Gasteiger partial charge in [-0.2, -0.15) is 0 Å². The molecule has 2 rings (SSSR count). The molecule has 0 aliphatic heterocycles. The predicted molar refractivity (Wildman–Crippen MR) is 91.7 cm³/mol. The first-order valence-electron chi connectivity index (χ1n) is 7.54. The summed E-state index contributed by atoms with van der Waals surface area (Å²) in [6.45, 7) is 9.37. The Hall–Kier alpha value is -1.80. The summed E-state index contributed by atoms with van der Waals surface area (Å²) in [6.07, 6.45) is 0. The minimum atomic E-state index is 0.139. The lowest BCUT2D eigenvalue weighted by Crippen LogP contribution is -2.21. The van der Waals surface area contributed by atoms with Crippen LogP contribution in [0.25, 0.3) is 0 Å². The molecule has 2 aromatic rings. The molecule has 3 N–H and O–H groups in total. The van der Waals surface area contributed by atoms with Gasteiger partial charge in [-0.3, -0.25) is 0 Å². The van der Waals surface area contributed by atoms with Gasteiger partial charge in [0.15, 0.2) is 0 Å². The van der Waals surface area contributed by atoms with Gasteiger partial charge in [0.05, 0.1) is 6.04 Å². The van der Waals surface area contributed by atoms with E-state index in [9.17, 15) is 0 Å². The van der Waals surface area contributed by atoms with Crippen LogP contribution in [0.15, 0.2) is 48.5 Å². The lowest BCUT2D eigenvalue weighted by atomic mass is 9.86. The molecular weight excluding hydrogens is 256 g/mol. The lowest BCUT2D eigenvalue weighted by molar-refractivity contribution is 0.589. The van der Waals surface area contributed by atoms with Crippen LogP contribution in [0.1, 0.15) is 43.5 Å². The van der Waals surface area contributed by atoms with Crippen molar-refractivity contribution in [1.82, 2.24) is 0 Å². The summed E-state index contributed by atoms with van der Waals surface area (Å²) < 4.78 is 0. The third-order valence-corrected chi connectivity index (χ3v) is 3.89. The second-order valence-corrected chi connectivity index (χ2v) is 6.62. The maximum Gasteiger partial charge on any atom is 0.0636 e. The van der Waals surface area contributed by atoms with E-state index in [1.54, 1.807) is 0 Å². The number of hydrogen-bond donors (Lipinski definition) is 2. The van der Waals surface area contributed by atoms with Crippen molar-refractivity contribution in [2.75, 3.05) is 11.9 Å². The lowest BCUT2D eigenvalue weighted by Gasteiger charge is -2.23. The largest absolute Gasteiger partial charge is 0.377 e. The van der Waals surface area contributed by atoms with Crippen LogP contribution in [0.5, 0.6) is 0 Å². The standard InChI is InChI=1S/C19H26N2/c1-14-7-5-6-8-17(14)21-18(13-20)15-9-11-16(12-10-15)19(2,3)4/h5-12,18,21H,13,20H2,1-4H3. The molecule has 0 fully saturated rings. The fourth-order valence-electron chi connectivity index (χ4n) is 2.42. The maximum absolute atomic E-state index is 5.96. The molecule has 2 nitrogen and oxygen atoms in total. The van der Waals surface area contributed by atoms with Gasteiger partial charge in [0.25, 0.3) is 0 Å². The van der Waals surface area contributed by atoms with Crippen LogP contribution in [0, 0.1) is 6.92 Å². The highest BCUT2D eigenvalue weighted by Crippen LogP contribution is 2.26. The van der Waals surface area contributed by atoms with Crippen LogP contribution >= 0.6 is 0 Å². The molecule has 0 saturated carbocycles. The number of benzene rings is 2. The van der Waals surface area contributed by atoms with Gasteiger partial charge in [-0.25, -0.2) is 0 Å². The van der Waals surface area contributed by atoms with E-state index >= 15 is 0 Å². The Kier molecular flexibility index (Phi) is 4.69. The summed E-state index contributed by atoms with van der Waals surface area (Å²) in [7, 11) is 0. The molecule has 0 aromatic heterocycles. The van der Waals surface area contributed by atoms with Crippen molar-refractivity contribution >= 4 is 5.69 Å². The van der Waals surface area contributed by atoms with E-state index in [1.807, 2.05) is 6.07 Å². The molecule has 0 amide bonds. The number of anilines is 1. The highest BCUT2D eigenvalue weighted by Gasteiger charge is 2.15. The van der Waals surface area contributed by atoms with Gasteiger partial charge in [-0.15, -0.1) is 0 Å². The summed E-state index contributed by atoms with van der Waals surface area (Å²) in [5.41, 5.74) is 11.1. The fourth-order valence-corrected chi connectivity index (χ4v) is 2.42. The highest BCUT2D eigenvalue weighted by molar-refractivity contribution is 5.52. The average molecular weight is 282 g/mol. The summed E-state index contributed by atoms with van der Waals surface area (Å²) in [5, 5.41) is 3.55. The molecular formula is C19H26N2. The van der Waals surface area contributed by atoms with Gasteiger partial charge in [0, 0.05) is 12.2 Å². The van der Waals surface area contributed by atoms with Crippen LogP contribution in [0.2, 0.25) is 0 Å². The third kappa shape index (κ3) is 3.85. The Morgan fingerprint density at radius 1 is 1.00 bits per heavy atom. The van der Waals surface area contributed by atoms with Gasteiger partial charge in [-0.1, -0.05) is 63.2 Å². The molecule has 0 heterocycles. The van der Waals surface area contributed by atoms with E-state index in [4.69, 9.17) is 5.73 Å². The van der Waals surface area contributed by atoms with Gasteiger partial charge >= 0.3 is 0 Å². The Balaban J connectivity index is 2.20. The molecule has 2 heteroatoms. The number of nitrogens with two attached hydrogens (primary N) is 1. The fraction of sp³-hybridized carbons (Fsp3) is 0.368. The number of hydrogen-bond acceptors (Lipinski definition) is 2. The SMILES string of the molecule is Cc1ccccc1NC(CN)c1ccc(C(C)(C)C)cc1. The summed E-state index contributed by atoms with van der Waals surface area (Å²) in [5.74, 6) is 0. The average Bonchev–Trinajstić information content (AvgIpc) is 2.46. The van der Waals surface area contributed by atoms with Crippen molar-refractivity contribution in [3.63, 3.8) is 0 Å². The molecule has 0 aliphatic carbocycles. The molecule has 1 unspecified atom stereocenters. The van der Waals surface area contributed by atoms with Crippen LogP contribution < -0.4 is 11.1 Å². The van der Waals surface area contributed by atoms with Gasteiger partial charge in [0.1, 0.15) is 0 Å². The molecule has 0 aliphatic rings. The van der Waals surface area contributed by atoms with E-state index in [0.717, 1.165) is 5.69 Å². The second kappa shape index (κ2) is 6.31. The normalized spacial score (nSPS) is 13.0. The van der Waals surface area contributed by atoms with Gasteiger partial charge in [0.2, 0.25) is 0 Å². The van der Waals surface area contributed by atoms with Crippen molar-refractivity contribution in [1.29, 1.82) is 0 Å². The Bertz CT molecular complexity index is 579. The van der Waals surface area contributed by atoms with E-state index < -0.39 is 0 Å². The van der Waals surface area contributed by atoms with Crippen LogP contribution in [-0.2, 0) is 5.41 Å². The van der Waals surface area contributed by atoms with E-state index in [1.165, 1.54) is 16.7 Å². The van der Waals surface area contributed by atoms with Crippen LogP contribution in [0.3, 0.4) is 0 Å². The molecule has 1 atom stereocenters. The summed E-state index contributed by atoms with van der Waals surface area (Å²) in [6, 6.07) is 17.2. The van der Waals surface area contributed by atoms with E-state index in [2.05, 4.69) is 75.5 Å². The minimum Gasteiger partial charge on any atom is -0.377 e. The summed E-state index contributed by atoms with van der Waals surface area (Å²) in [4.78, 5) is 0. The smallest absolute Gasteiger partial charge is 0.0636 e. The molecule has 0 bridgehead atoms. The summed E-state index contributed by atoms with van der Waals surface area (Å²) >= 11 is 0. The van der Waals surface area contributed by atoms with Crippen molar-refractivity contribution < 1.29 is 0 Å². The zero-order valence-electron chi connectivity index (χ0n) is 13.5. The molecule has 21 heavy (non-hydrogen) atoms. The number of para-hydroxylation sites is 1. The molecule has 2 aromatic carbocycles. The second-order valence-electron chi connectivity index (χ2n) is 6.62. The molecule has 0 spiro atoms. The zero-order chi connectivity index (χ0) is 15.5. The Morgan fingerprint density at radius 2 is 1.62 bits per heavy atom. The van der Waals surface area contributed by atoms with E-state index in [-0.39, 0.29) is 11.5 Å². The minimum absolute atomic E-state index is 0.139. The first-order valence-corrected chi connectivity index (χ1v) is 7.54. The number of nitrogens with one attached hydrogen (secondary N) is 1. The van der Waals surface area contributed by atoms with Gasteiger partial charge in [-0.05, 0) is 35.1 Å². The Labute approximate surface area is 128 Å². The van der Waals surface area contributed by atoms with E-state index in [0.29, 0.717) is 6.54 Å². The first kappa shape index (κ1) is 15.6. The Morgan fingerprint density at radius 3 is 2.14 bits per heavy atom. The topological polar surface area (TPSA) is 38.0 Å². The zero-order valence-corrected chi connectivity index (χ0v) is 13.5. The monoisotopic (exact) mass is 282 g/mol. The first-order chi connectivity index (χ1) is 9.91.